The monoisotopic (exact) mass is 404 g/mol. The Labute approximate surface area is 165 Å². The standard InChI is InChI=1S/C21H25FN2O3S/c1-15-11-16(2)14-24(13-15)21(25)18-5-3-17(4-6-18)12-23-28(26,27)20-9-7-19(22)8-10-20/h3-10,15-16,23H,11-14H2,1-2H3/t15-,16-/m0/s1. The number of halogens is 1. The first-order valence-electron chi connectivity index (χ1n) is 9.38. The van der Waals surface area contributed by atoms with Gasteiger partial charge in [-0.25, -0.2) is 17.5 Å². The number of carbonyl (C=O) groups is 1. The number of rotatable bonds is 5. The molecule has 28 heavy (non-hydrogen) atoms. The van der Waals surface area contributed by atoms with Crippen LogP contribution in [-0.4, -0.2) is 32.3 Å². The van der Waals surface area contributed by atoms with Crippen molar-refractivity contribution in [2.24, 2.45) is 11.8 Å². The minimum Gasteiger partial charge on any atom is -0.338 e. The molecule has 150 valence electrons. The lowest BCUT2D eigenvalue weighted by Crippen LogP contribution is -2.42. The molecule has 1 aliphatic heterocycles. The molecule has 1 aliphatic rings. The molecule has 2 atom stereocenters. The molecule has 1 N–H and O–H groups in total. The summed E-state index contributed by atoms with van der Waals surface area (Å²) < 4.78 is 40.0. The second-order valence-electron chi connectivity index (χ2n) is 7.63. The molecule has 3 rings (SSSR count). The molecule has 0 radical (unpaired) electrons. The molecular formula is C21H25FN2O3S. The topological polar surface area (TPSA) is 66.5 Å². The van der Waals surface area contributed by atoms with Crippen LogP contribution in [0, 0.1) is 17.7 Å². The van der Waals surface area contributed by atoms with Crippen LogP contribution in [0.5, 0.6) is 0 Å². The molecule has 0 unspecified atom stereocenters. The zero-order valence-electron chi connectivity index (χ0n) is 16.1. The minimum atomic E-state index is -3.72. The van der Waals surface area contributed by atoms with Gasteiger partial charge in [0.25, 0.3) is 5.91 Å². The van der Waals surface area contributed by atoms with E-state index in [1.54, 1.807) is 24.3 Å². The van der Waals surface area contributed by atoms with Crippen LogP contribution in [0.1, 0.15) is 36.2 Å². The van der Waals surface area contributed by atoms with Crippen molar-refractivity contribution in [1.82, 2.24) is 9.62 Å². The minimum absolute atomic E-state index is 0.00837. The molecule has 2 aromatic carbocycles. The number of piperidine rings is 1. The van der Waals surface area contributed by atoms with E-state index in [4.69, 9.17) is 0 Å². The molecular weight excluding hydrogens is 379 g/mol. The summed E-state index contributed by atoms with van der Waals surface area (Å²) in [5, 5.41) is 0. The first kappa shape index (κ1) is 20.5. The summed E-state index contributed by atoms with van der Waals surface area (Å²) >= 11 is 0. The van der Waals surface area contributed by atoms with Crippen LogP contribution in [0.2, 0.25) is 0 Å². The molecule has 0 spiro atoms. The van der Waals surface area contributed by atoms with Gasteiger partial charge in [-0.1, -0.05) is 26.0 Å². The third-order valence-electron chi connectivity index (χ3n) is 4.95. The lowest BCUT2D eigenvalue weighted by molar-refractivity contribution is 0.0623. The van der Waals surface area contributed by atoms with Gasteiger partial charge in [0.15, 0.2) is 0 Å². The van der Waals surface area contributed by atoms with Crippen molar-refractivity contribution in [3.8, 4) is 0 Å². The summed E-state index contributed by atoms with van der Waals surface area (Å²) in [7, 11) is -3.72. The van der Waals surface area contributed by atoms with E-state index < -0.39 is 15.8 Å². The summed E-state index contributed by atoms with van der Waals surface area (Å²) in [6, 6.07) is 11.6. The van der Waals surface area contributed by atoms with E-state index in [0.717, 1.165) is 37.2 Å². The SMILES string of the molecule is C[C@H]1C[C@H](C)CN(C(=O)c2ccc(CNS(=O)(=O)c3ccc(F)cc3)cc2)C1. The van der Waals surface area contributed by atoms with Crippen LogP contribution >= 0.6 is 0 Å². The van der Waals surface area contributed by atoms with Crippen LogP contribution in [0.4, 0.5) is 4.39 Å². The van der Waals surface area contributed by atoms with E-state index in [1.807, 2.05) is 4.90 Å². The van der Waals surface area contributed by atoms with Crippen LogP contribution in [-0.2, 0) is 16.6 Å². The van der Waals surface area contributed by atoms with E-state index in [1.165, 1.54) is 12.1 Å². The van der Waals surface area contributed by atoms with E-state index in [0.29, 0.717) is 17.4 Å². The zero-order chi connectivity index (χ0) is 20.3. The third-order valence-corrected chi connectivity index (χ3v) is 6.36. The summed E-state index contributed by atoms with van der Waals surface area (Å²) in [4.78, 5) is 14.6. The maximum Gasteiger partial charge on any atom is 0.253 e. The van der Waals surface area contributed by atoms with Gasteiger partial charge in [-0.3, -0.25) is 4.79 Å². The van der Waals surface area contributed by atoms with E-state index in [-0.39, 0.29) is 17.3 Å². The lowest BCUT2D eigenvalue weighted by Gasteiger charge is -2.35. The Morgan fingerprint density at radius 2 is 1.61 bits per heavy atom. The van der Waals surface area contributed by atoms with E-state index in [9.17, 15) is 17.6 Å². The number of carbonyl (C=O) groups excluding carboxylic acids is 1. The molecule has 1 fully saturated rings. The number of nitrogens with zero attached hydrogens (tertiary/aromatic N) is 1. The molecule has 1 heterocycles. The maximum absolute atomic E-state index is 13.0. The molecule has 7 heteroatoms. The smallest absolute Gasteiger partial charge is 0.253 e. The highest BCUT2D eigenvalue weighted by Gasteiger charge is 2.26. The third kappa shape index (κ3) is 4.97. The zero-order valence-corrected chi connectivity index (χ0v) is 16.9. The molecule has 0 saturated carbocycles. The van der Waals surface area contributed by atoms with Gasteiger partial charge in [-0.2, -0.15) is 0 Å². The highest BCUT2D eigenvalue weighted by molar-refractivity contribution is 7.89. The normalized spacial score (nSPS) is 20.2. The van der Waals surface area contributed by atoms with Gasteiger partial charge >= 0.3 is 0 Å². The van der Waals surface area contributed by atoms with Crippen molar-refractivity contribution < 1.29 is 17.6 Å². The van der Waals surface area contributed by atoms with Gasteiger partial charge in [0.05, 0.1) is 4.90 Å². The number of amides is 1. The number of sulfonamides is 1. The van der Waals surface area contributed by atoms with Gasteiger partial charge < -0.3 is 4.90 Å². The van der Waals surface area contributed by atoms with Crippen LogP contribution in [0.3, 0.4) is 0 Å². The highest BCUT2D eigenvalue weighted by Crippen LogP contribution is 2.22. The first-order chi connectivity index (χ1) is 13.2. The summed E-state index contributed by atoms with van der Waals surface area (Å²) in [6.45, 7) is 5.94. The van der Waals surface area contributed by atoms with Crippen LogP contribution in [0.15, 0.2) is 53.4 Å². The van der Waals surface area contributed by atoms with Crippen molar-refractivity contribution in [2.45, 2.75) is 31.7 Å². The van der Waals surface area contributed by atoms with Crippen molar-refractivity contribution in [2.75, 3.05) is 13.1 Å². The predicted octanol–water partition coefficient (Wildman–Crippen LogP) is 3.42. The van der Waals surface area contributed by atoms with Crippen molar-refractivity contribution in [1.29, 1.82) is 0 Å². The molecule has 2 aromatic rings. The van der Waals surface area contributed by atoms with Gasteiger partial charge in [0.1, 0.15) is 5.82 Å². The Hall–Kier alpha value is -2.25. The van der Waals surface area contributed by atoms with E-state index >= 15 is 0 Å². The number of benzene rings is 2. The van der Waals surface area contributed by atoms with Crippen molar-refractivity contribution in [3.05, 3.63) is 65.5 Å². The average Bonchev–Trinajstić information content (AvgIpc) is 2.66. The van der Waals surface area contributed by atoms with Gasteiger partial charge in [0.2, 0.25) is 10.0 Å². The second-order valence-corrected chi connectivity index (χ2v) is 9.40. The fourth-order valence-electron chi connectivity index (χ4n) is 3.65. The van der Waals surface area contributed by atoms with E-state index in [2.05, 4.69) is 18.6 Å². The lowest BCUT2D eigenvalue weighted by atomic mass is 9.91. The fraction of sp³-hybridized carbons (Fsp3) is 0.381. The number of hydrogen-bond acceptors (Lipinski definition) is 3. The number of likely N-dealkylation sites (tertiary alicyclic amines) is 1. The van der Waals surface area contributed by atoms with Gasteiger partial charge in [-0.05, 0) is 60.2 Å². The van der Waals surface area contributed by atoms with Gasteiger partial charge in [0, 0.05) is 25.2 Å². The first-order valence-corrected chi connectivity index (χ1v) is 10.9. The van der Waals surface area contributed by atoms with Crippen LogP contribution < -0.4 is 4.72 Å². The quantitative estimate of drug-likeness (QED) is 0.830. The molecule has 1 amide bonds. The maximum atomic E-state index is 13.0. The number of nitrogens with one attached hydrogen (secondary N) is 1. The summed E-state index contributed by atoms with van der Waals surface area (Å²) in [5.74, 6) is 0.509. The molecule has 0 aliphatic carbocycles. The Balaban J connectivity index is 1.63. The Bertz CT molecular complexity index is 917. The largest absolute Gasteiger partial charge is 0.338 e. The van der Waals surface area contributed by atoms with Crippen LogP contribution in [0.25, 0.3) is 0 Å². The van der Waals surface area contributed by atoms with Gasteiger partial charge in [-0.15, -0.1) is 0 Å². The molecule has 0 aromatic heterocycles. The molecule has 5 nitrogen and oxygen atoms in total. The fourth-order valence-corrected chi connectivity index (χ4v) is 4.67. The molecule has 0 bridgehead atoms. The van der Waals surface area contributed by atoms with Crippen molar-refractivity contribution in [3.63, 3.8) is 0 Å². The summed E-state index contributed by atoms with van der Waals surface area (Å²) in [6.07, 6.45) is 1.14. The summed E-state index contributed by atoms with van der Waals surface area (Å²) in [5.41, 5.74) is 1.34. The van der Waals surface area contributed by atoms with Crippen molar-refractivity contribution >= 4 is 15.9 Å². The second kappa shape index (κ2) is 8.41. The Kier molecular flexibility index (Phi) is 6.15. The number of hydrogen-bond donors (Lipinski definition) is 1. The molecule has 1 saturated heterocycles. The Morgan fingerprint density at radius 1 is 1.04 bits per heavy atom. The Morgan fingerprint density at radius 3 is 2.18 bits per heavy atom. The highest BCUT2D eigenvalue weighted by atomic mass is 32.2. The average molecular weight is 405 g/mol. The predicted molar refractivity (Wildman–Crippen MR) is 106 cm³/mol.